The molecule has 1 aliphatic carbocycles. The Morgan fingerprint density at radius 3 is 3.05 bits per heavy atom. The van der Waals surface area contributed by atoms with Gasteiger partial charge in [-0.3, -0.25) is 4.79 Å². The van der Waals surface area contributed by atoms with Crippen LogP contribution in [0.1, 0.15) is 39.8 Å². The number of rotatable bonds is 3. The number of pyridine rings is 1. The van der Waals surface area contributed by atoms with Crippen LogP contribution in [0, 0.1) is 0 Å². The highest BCUT2D eigenvalue weighted by Crippen LogP contribution is 2.33. The Morgan fingerprint density at radius 2 is 2.30 bits per heavy atom. The second-order valence-electron chi connectivity index (χ2n) is 4.90. The fraction of sp³-hybridized carbons (Fsp3) is 0.333. The number of aromatic nitrogens is 1. The molecule has 4 nitrogen and oxygen atoms in total. The summed E-state index contributed by atoms with van der Waals surface area (Å²) in [6.45, 7) is 0. The number of thiophene rings is 1. The minimum absolute atomic E-state index is 0.100. The van der Waals surface area contributed by atoms with Gasteiger partial charge in [-0.25, -0.2) is 4.98 Å². The number of hydrogen-bond acceptors (Lipinski definition) is 4. The van der Waals surface area contributed by atoms with E-state index in [4.69, 9.17) is 0 Å². The fourth-order valence-corrected chi connectivity index (χ4v) is 3.53. The minimum atomic E-state index is -0.100. The summed E-state index contributed by atoms with van der Waals surface area (Å²) in [6, 6.07) is 5.86. The summed E-state index contributed by atoms with van der Waals surface area (Å²) in [5, 5.41) is 8.20. The summed E-state index contributed by atoms with van der Waals surface area (Å²) in [6.07, 6.45) is 4.94. The molecule has 104 valence electrons. The van der Waals surface area contributed by atoms with Crippen molar-refractivity contribution in [2.45, 2.75) is 25.3 Å². The first-order valence-corrected chi connectivity index (χ1v) is 7.67. The molecule has 2 aromatic heterocycles. The molecule has 1 aliphatic rings. The second kappa shape index (κ2) is 5.63. The molecule has 0 bridgehead atoms. The van der Waals surface area contributed by atoms with Gasteiger partial charge in [0.05, 0.1) is 17.9 Å². The summed E-state index contributed by atoms with van der Waals surface area (Å²) >= 11 is 1.78. The van der Waals surface area contributed by atoms with Gasteiger partial charge in [-0.1, -0.05) is 0 Å². The molecule has 3 rings (SSSR count). The lowest BCUT2D eigenvalue weighted by Gasteiger charge is -2.23. The highest BCUT2D eigenvalue weighted by Gasteiger charge is 2.23. The van der Waals surface area contributed by atoms with Gasteiger partial charge in [0.15, 0.2) is 0 Å². The lowest BCUT2D eigenvalue weighted by molar-refractivity contribution is 0.0928. The Hall–Kier alpha value is -1.88. The standard InChI is InChI=1S/C15H17N3OS/c1-16-10-5-6-13(17-9-10)15(19)18-12-3-2-4-14-11(12)7-8-20-14/h5-9,12,16H,2-4H2,1H3,(H,18,19). The predicted octanol–water partition coefficient (Wildman–Crippen LogP) is 2.99. The van der Waals surface area contributed by atoms with Crippen molar-refractivity contribution < 1.29 is 4.79 Å². The van der Waals surface area contributed by atoms with Crippen LogP contribution < -0.4 is 10.6 Å². The van der Waals surface area contributed by atoms with Gasteiger partial charge in [0.1, 0.15) is 5.69 Å². The topological polar surface area (TPSA) is 54.0 Å². The molecule has 1 unspecified atom stereocenters. The Bertz CT molecular complexity index is 606. The predicted molar refractivity (Wildman–Crippen MR) is 81.2 cm³/mol. The minimum Gasteiger partial charge on any atom is -0.387 e. The number of aryl methyl sites for hydroxylation is 1. The number of anilines is 1. The van der Waals surface area contributed by atoms with E-state index in [1.807, 2.05) is 13.1 Å². The van der Waals surface area contributed by atoms with E-state index in [9.17, 15) is 4.79 Å². The molecule has 0 aliphatic heterocycles. The van der Waals surface area contributed by atoms with Crippen molar-refractivity contribution in [3.05, 3.63) is 45.9 Å². The summed E-state index contributed by atoms with van der Waals surface area (Å²) in [7, 11) is 1.83. The average molecular weight is 287 g/mol. The van der Waals surface area contributed by atoms with Gasteiger partial charge in [0.2, 0.25) is 0 Å². The molecule has 0 saturated carbocycles. The Morgan fingerprint density at radius 1 is 1.40 bits per heavy atom. The molecule has 0 radical (unpaired) electrons. The molecule has 20 heavy (non-hydrogen) atoms. The van der Waals surface area contributed by atoms with E-state index in [2.05, 4.69) is 27.1 Å². The van der Waals surface area contributed by atoms with Crippen molar-refractivity contribution in [2.75, 3.05) is 12.4 Å². The summed E-state index contributed by atoms with van der Waals surface area (Å²) in [5.74, 6) is -0.100. The van der Waals surface area contributed by atoms with Crippen molar-refractivity contribution in [2.24, 2.45) is 0 Å². The van der Waals surface area contributed by atoms with Crippen molar-refractivity contribution in [1.82, 2.24) is 10.3 Å². The van der Waals surface area contributed by atoms with Gasteiger partial charge in [0, 0.05) is 11.9 Å². The fourth-order valence-electron chi connectivity index (χ4n) is 2.54. The smallest absolute Gasteiger partial charge is 0.270 e. The number of hydrogen-bond donors (Lipinski definition) is 2. The maximum Gasteiger partial charge on any atom is 0.270 e. The largest absolute Gasteiger partial charge is 0.387 e. The van der Waals surface area contributed by atoms with E-state index in [0.29, 0.717) is 5.69 Å². The monoisotopic (exact) mass is 287 g/mol. The summed E-state index contributed by atoms with van der Waals surface area (Å²) in [4.78, 5) is 17.8. The summed E-state index contributed by atoms with van der Waals surface area (Å²) in [5.41, 5.74) is 2.65. The van der Waals surface area contributed by atoms with Crippen LogP contribution in [0.5, 0.6) is 0 Å². The van der Waals surface area contributed by atoms with Crippen LogP contribution in [0.2, 0.25) is 0 Å². The van der Waals surface area contributed by atoms with Gasteiger partial charge in [-0.15, -0.1) is 11.3 Å². The molecule has 2 aromatic rings. The van der Waals surface area contributed by atoms with Crippen LogP contribution in [0.25, 0.3) is 0 Å². The third kappa shape index (κ3) is 2.54. The van der Waals surface area contributed by atoms with E-state index in [-0.39, 0.29) is 11.9 Å². The van der Waals surface area contributed by atoms with Gasteiger partial charge in [-0.05, 0) is 48.4 Å². The zero-order chi connectivity index (χ0) is 13.9. The van der Waals surface area contributed by atoms with Gasteiger partial charge < -0.3 is 10.6 Å². The molecule has 0 saturated heterocycles. The molecule has 0 fully saturated rings. The first-order valence-electron chi connectivity index (χ1n) is 6.79. The first kappa shape index (κ1) is 13.1. The highest BCUT2D eigenvalue weighted by molar-refractivity contribution is 7.10. The van der Waals surface area contributed by atoms with Crippen LogP contribution in [-0.4, -0.2) is 17.9 Å². The van der Waals surface area contributed by atoms with E-state index in [1.54, 1.807) is 23.6 Å². The third-order valence-corrected chi connectivity index (χ3v) is 4.64. The zero-order valence-electron chi connectivity index (χ0n) is 11.3. The maximum absolute atomic E-state index is 12.3. The van der Waals surface area contributed by atoms with E-state index >= 15 is 0 Å². The normalized spacial score (nSPS) is 17.4. The van der Waals surface area contributed by atoms with E-state index in [1.165, 1.54) is 10.4 Å². The van der Waals surface area contributed by atoms with Crippen LogP contribution in [-0.2, 0) is 6.42 Å². The molecule has 2 N–H and O–H groups in total. The zero-order valence-corrected chi connectivity index (χ0v) is 12.2. The molecule has 0 aromatic carbocycles. The van der Waals surface area contributed by atoms with Crippen LogP contribution >= 0.6 is 11.3 Å². The highest BCUT2D eigenvalue weighted by atomic mass is 32.1. The molecule has 1 amide bonds. The number of amides is 1. The van der Waals surface area contributed by atoms with Gasteiger partial charge in [0.25, 0.3) is 5.91 Å². The van der Waals surface area contributed by atoms with E-state index in [0.717, 1.165) is 24.9 Å². The lowest BCUT2D eigenvalue weighted by atomic mass is 9.94. The van der Waals surface area contributed by atoms with Gasteiger partial charge in [-0.2, -0.15) is 0 Å². The Balaban J connectivity index is 1.73. The molecule has 0 spiro atoms. The van der Waals surface area contributed by atoms with Gasteiger partial charge >= 0.3 is 0 Å². The van der Waals surface area contributed by atoms with Crippen molar-refractivity contribution in [3.8, 4) is 0 Å². The van der Waals surface area contributed by atoms with Crippen molar-refractivity contribution in [3.63, 3.8) is 0 Å². The number of carbonyl (C=O) groups excluding carboxylic acids is 1. The third-order valence-electron chi connectivity index (χ3n) is 3.64. The second-order valence-corrected chi connectivity index (χ2v) is 5.90. The Labute approximate surface area is 122 Å². The average Bonchev–Trinajstić information content (AvgIpc) is 2.97. The quantitative estimate of drug-likeness (QED) is 0.912. The molecule has 5 heteroatoms. The molecular weight excluding hydrogens is 270 g/mol. The van der Waals surface area contributed by atoms with Crippen LogP contribution in [0.3, 0.4) is 0 Å². The SMILES string of the molecule is CNc1ccc(C(=O)NC2CCCc3sccc32)nc1. The van der Waals surface area contributed by atoms with Crippen LogP contribution in [0.15, 0.2) is 29.8 Å². The lowest BCUT2D eigenvalue weighted by Crippen LogP contribution is -2.30. The Kier molecular flexibility index (Phi) is 3.69. The first-order chi connectivity index (χ1) is 9.78. The number of fused-ring (bicyclic) bond motifs is 1. The number of nitrogens with one attached hydrogen (secondary N) is 2. The number of nitrogens with zero attached hydrogens (tertiary/aromatic N) is 1. The summed E-state index contributed by atoms with van der Waals surface area (Å²) < 4.78 is 0. The van der Waals surface area contributed by atoms with Crippen LogP contribution in [0.4, 0.5) is 5.69 Å². The van der Waals surface area contributed by atoms with E-state index < -0.39 is 0 Å². The maximum atomic E-state index is 12.3. The molecule has 1 atom stereocenters. The molecular formula is C15H17N3OS. The van der Waals surface area contributed by atoms with Crippen molar-refractivity contribution in [1.29, 1.82) is 0 Å². The number of carbonyl (C=O) groups is 1. The van der Waals surface area contributed by atoms with Crippen molar-refractivity contribution >= 4 is 22.9 Å². The molecule has 2 heterocycles.